The minimum Gasteiger partial charge on any atom is -0.463 e. The lowest BCUT2D eigenvalue weighted by Gasteiger charge is -2.22. The molecule has 0 aliphatic rings. The SMILES string of the molecule is CCOC(=O)[C@](O)(C[N+](=O)[O-])c1cccc(C)c1. The molecule has 0 fully saturated rings. The molecule has 0 bridgehead atoms. The number of aliphatic hydroxyl groups is 1. The molecule has 0 saturated carbocycles. The number of benzene rings is 1. The molecule has 0 saturated heterocycles. The fourth-order valence-corrected chi connectivity index (χ4v) is 1.61. The van der Waals surface area contributed by atoms with E-state index in [1.54, 1.807) is 26.0 Å². The Morgan fingerprint density at radius 1 is 1.56 bits per heavy atom. The lowest BCUT2D eigenvalue weighted by Crippen LogP contribution is -2.43. The number of aryl methyl sites for hydroxylation is 1. The molecular formula is C12H15NO5. The zero-order valence-electron chi connectivity index (χ0n) is 10.3. The van der Waals surface area contributed by atoms with Gasteiger partial charge in [0.1, 0.15) is 0 Å². The van der Waals surface area contributed by atoms with Gasteiger partial charge in [0.25, 0.3) is 5.60 Å². The quantitative estimate of drug-likeness (QED) is 0.480. The second-order valence-electron chi connectivity index (χ2n) is 3.94. The van der Waals surface area contributed by atoms with Crippen LogP contribution in [0.2, 0.25) is 0 Å². The van der Waals surface area contributed by atoms with Crippen LogP contribution in [0.1, 0.15) is 18.1 Å². The Hall–Kier alpha value is -1.95. The van der Waals surface area contributed by atoms with Gasteiger partial charge in [-0.1, -0.05) is 29.8 Å². The van der Waals surface area contributed by atoms with Crippen molar-refractivity contribution in [1.82, 2.24) is 0 Å². The van der Waals surface area contributed by atoms with Crippen LogP contribution in [0.3, 0.4) is 0 Å². The Morgan fingerprint density at radius 2 is 2.22 bits per heavy atom. The third-order valence-electron chi connectivity index (χ3n) is 2.47. The third-order valence-corrected chi connectivity index (χ3v) is 2.47. The Kier molecular flexibility index (Phi) is 4.38. The van der Waals surface area contributed by atoms with E-state index in [1.165, 1.54) is 12.1 Å². The normalized spacial score (nSPS) is 13.7. The van der Waals surface area contributed by atoms with Crippen molar-refractivity contribution in [1.29, 1.82) is 0 Å². The van der Waals surface area contributed by atoms with Crippen LogP contribution < -0.4 is 0 Å². The van der Waals surface area contributed by atoms with Crippen molar-refractivity contribution >= 4 is 5.97 Å². The molecule has 98 valence electrons. The topological polar surface area (TPSA) is 89.7 Å². The maximum absolute atomic E-state index is 11.7. The molecule has 6 nitrogen and oxygen atoms in total. The van der Waals surface area contributed by atoms with Crippen LogP contribution >= 0.6 is 0 Å². The minimum atomic E-state index is -2.24. The first kappa shape index (κ1) is 14.1. The van der Waals surface area contributed by atoms with Gasteiger partial charge in [-0.25, -0.2) is 4.79 Å². The van der Waals surface area contributed by atoms with E-state index >= 15 is 0 Å². The van der Waals surface area contributed by atoms with E-state index < -0.39 is 23.0 Å². The molecule has 1 aromatic carbocycles. The van der Waals surface area contributed by atoms with Gasteiger partial charge in [-0.15, -0.1) is 0 Å². The number of hydrogen-bond donors (Lipinski definition) is 1. The number of carbonyl (C=O) groups excluding carboxylic acids is 1. The van der Waals surface area contributed by atoms with E-state index in [0.29, 0.717) is 0 Å². The zero-order chi connectivity index (χ0) is 13.8. The summed E-state index contributed by atoms with van der Waals surface area (Å²) in [6, 6.07) is 6.38. The molecule has 6 heteroatoms. The molecule has 1 N–H and O–H groups in total. The molecule has 0 aliphatic heterocycles. The summed E-state index contributed by atoms with van der Waals surface area (Å²) < 4.78 is 4.71. The van der Waals surface area contributed by atoms with Gasteiger partial charge in [-0.3, -0.25) is 10.1 Å². The number of nitrogens with zero attached hydrogens (tertiary/aromatic N) is 1. The molecule has 1 rings (SSSR count). The summed E-state index contributed by atoms with van der Waals surface area (Å²) in [5.41, 5.74) is -1.29. The smallest absolute Gasteiger partial charge is 0.349 e. The predicted molar refractivity (Wildman–Crippen MR) is 63.6 cm³/mol. The van der Waals surface area contributed by atoms with Crippen LogP contribution in [0.5, 0.6) is 0 Å². The molecule has 18 heavy (non-hydrogen) atoms. The zero-order valence-corrected chi connectivity index (χ0v) is 10.3. The Bertz CT molecular complexity index is 460. The largest absolute Gasteiger partial charge is 0.463 e. The highest BCUT2D eigenvalue weighted by Crippen LogP contribution is 2.24. The van der Waals surface area contributed by atoms with Gasteiger partial charge >= 0.3 is 5.97 Å². The van der Waals surface area contributed by atoms with E-state index in [4.69, 9.17) is 4.74 Å². The van der Waals surface area contributed by atoms with Gasteiger partial charge < -0.3 is 9.84 Å². The van der Waals surface area contributed by atoms with Crippen molar-refractivity contribution in [2.24, 2.45) is 0 Å². The van der Waals surface area contributed by atoms with Gasteiger partial charge in [0.2, 0.25) is 6.54 Å². The Morgan fingerprint density at radius 3 is 2.72 bits per heavy atom. The van der Waals surface area contributed by atoms with Crippen molar-refractivity contribution in [3.63, 3.8) is 0 Å². The van der Waals surface area contributed by atoms with Crippen LogP contribution in [0.25, 0.3) is 0 Å². The van der Waals surface area contributed by atoms with Gasteiger partial charge in [0.15, 0.2) is 0 Å². The van der Waals surface area contributed by atoms with Gasteiger partial charge in [-0.2, -0.15) is 0 Å². The summed E-state index contributed by atoms with van der Waals surface area (Å²) in [7, 11) is 0. The fourth-order valence-electron chi connectivity index (χ4n) is 1.61. The predicted octanol–water partition coefficient (Wildman–Crippen LogP) is 1.02. The van der Waals surface area contributed by atoms with Crippen LogP contribution in [-0.2, 0) is 15.1 Å². The summed E-state index contributed by atoms with van der Waals surface area (Å²) in [6.07, 6.45) is 0. The maximum atomic E-state index is 11.7. The van der Waals surface area contributed by atoms with Crippen molar-refractivity contribution in [3.8, 4) is 0 Å². The summed E-state index contributed by atoms with van der Waals surface area (Å²) >= 11 is 0. The lowest BCUT2D eigenvalue weighted by atomic mass is 9.92. The van der Waals surface area contributed by atoms with Crippen LogP contribution in [0.4, 0.5) is 0 Å². The van der Waals surface area contributed by atoms with E-state index in [2.05, 4.69) is 0 Å². The van der Waals surface area contributed by atoms with Gasteiger partial charge in [0, 0.05) is 10.5 Å². The van der Waals surface area contributed by atoms with Crippen molar-refractivity contribution < 1.29 is 19.6 Å². The Balaban J connectivity index is 3.19. The molecule has 1 atom stereocenters. The molecule has 0 unspecified atom stereocenters. The highest BCUT2D eigenvalue weighted by atomic mass is 16.6. The number of hydrogen-bond acceptors (Lipinski definition) is 5. The van der Waals surface area contributed by atoms with Gasteiger partial charge in [0.05, 0.1) is 6.61 Å². The number of carbonyl (C=O) groups is 1. The molecule has 0 aromatic heterocycles. The molecular weight excluding hydrogens is 238 g/mol. The standard InChI is InChI=1S/C12H15NO5/c1-3-18-11(14)12(15,8-13(16)17)10-6-4-5-9(2)7-10/h4-7,15H,3,8H2,1-2H3/t12-/m0/s1. The monoisotopic (exact) mass is 253 g/mol. The van der Waals surface area contributed by atoms with E-state index in [1.807, 2.05) is 0 Å². The summed E-state index contributed by atoms with van der Waals surface area (Å²) in [5.74, 6) is -1.01. The van der Waals surface area contributed by atoms with Crippen molar-refractivity contribution in [2.75, 3.05) is 13.2 Å². The van der Waals surface area contributed by atoms with E-state index in [-0.39, 0.29) is 12.2 Å². The van der Waals surface area contributed by atoms with Crippen molar-refractivity contribution in [3.05, 3.63) is 45.5 Å². The van der Waals surface area contributed by atoms with Crippen LogP contribution in [-0.4, -0.2) is 29.2 Å². The first-order chi connectivity index (χ1) is 8.40. The lowest BCUT2D eigenvalue weighted by molar-refractivity contribution is -0.499. The molecule has 0 aliphatic carbocycles. The second-order valence-corrected chi connectivity index (χ2v) is 3.94. The number of nitro groups is 1. The highest BCUT2D eigenvalue weighted by Gasteiger charge is 2.45. The highest BCUT2D eigenvalue weighted by molar-refractivity contribution is 5.81. The maximum Gasteiger partial charge on any atom is 0.349 e. The molecule has 1 aromatic rings. The second kappa shape index (κ2) is 5.59. The van der Waals surface area contributed by atoms with Crippen LogP contribution in [0, 0.1) is 17.0 Å². The molecule has 0 radical (unpaired) electrons. The third kappa shape index (κ3) is 3.04. The Labute approximate surface area is 104 Å². The number of ether oxygens (including phenoxy) is 1. The number of esters is 1. The van der Waals surface area contributed by atoms with Gasteiger partial charge in [-0.05, 0) is 13.8 Å². The first-order valence-corrected chi connectivity index (χ1v) is 5.48. The summed E-state index contributed by atoms with van der Waals surface area (Å²) in [6.45, 7) is 2.46. The first-order valence-electron chi connectivity index (χ1n) is 5.48. The average molecular weight is 253 g/mol. The number of rotatable bonds is 5. The minimum absolute atomic E-state index is 0.0463. The molecule has 0 spiro atoms. The molecule has 0 heterocycles. The van der Waals surface area contributed by atoms with Crippen LogP contribution in [0.15, 0.2) is 24.3 Å². The fraction of sp³-hybridized carbons (Fsp3) is 0.417. The average Bonchev–Trinajstić information content (AvgIpc) is 2.28. The molecule has 0 amide bonds. The summed E-state index contributed by atoms with van der Waals surface area (Å²) in [5, 5.41) is 20.9. The summed E-state index contributed by atoms with van der Waals surface area (Å²) in [4.78, 5) is 21.6. The van der Waals surface area contributed by atoms with E-state index in [0.717, 1.165) is 5.56 Å². The van der Waals surface area contributed by atoms with E-state index in [9.17, 15) is 20.0 Å². The van der Waals surface area contributed by atoms with Crippen molar-refractivity contribution in [2.45, 2.75) is 19.4 Å².